The minimum atomic E-state index is -0.0360. The summed E-state index contributed by atoms with van der Waals surface area (Å²) in [6.07, 6.45) is 1.10. The molecule has 142 valence electrons. The molecule has 3 aromatic carbocycles. The van der Waals surface area contributed by atoms with Gasteiger partial charge in [-0.05, 0) is 55.2 Å². The highest BCUT2D eigenvalue weighted by Crippen LogP contribution is 2.28. The molecule has 3 heteroatoms. The first-order valence-electron chi connectivity index (χ1n) is 9.89. The van der Waals surface area contributed by atoms with E-state index in [1.807, 2.05) is 19.1 Å². The highest BCUT2D eigenvalue weighted by Gasteiger charge is 2.18. The number of carbonyl (C=O) groups is 1. The van der Waals surface area contributed by atoms with E-state index >= 15 is 0 Å². The lowest BCUT2D eigenvalue weighted by Gasteiger charge is -2.19. The average molecular weight is 370 g/mol. The summed E-state index contributed by atoms with van der Waals surface area (Å²) in [4.78, 5) is 15.0. The number of anilines is 1. The Kier molecular flexibility index (Phi) is 5.16. The van der Waals surface area contributed by atoms with E-state index in [0.29, 0.717) is 5.56 Å². The summed E-state index contributed by atoms with van der Waals surface area (Å²) in [7, 11) is 0. The Morgan fingerprint density at radius 2 is 1.71 bits per heavy atom. The fraction of sp³-hybridized carbons (Fsp3) is 0.240. The summed E-state index contributed by atoms with van der Waals surface area (Å²) < 4.78 is 0. The maximum Gasteiger partial charge on any atom is 0.251 e. The summed E-state index contributed by atoms with van der Waals surface area (Å²) in [6.45, 7) is 6.01. The van der Waals surface area contributed by atoms with Gasteiger partial charge < -0.3 is 10.2 Å². The number of amides is 1. The molecule has 1 aliphatic rings. The number of carbonyl (C=O) groups excluding carboxylic acids is 1. The standard InChI is InChI=1S/C25H26N2O/c1-18-7-11-21(12-8-18)19(2)26-25(28)23-13-9-20(10-14-23)17-27-16-15-22-5-3-4-6-24(22)27/h3-14,19H,15-17H2,1-2H3,(H,26,28). The summed E-state index contributed by atoms with van der Waals surface area (Å²) in [5.41, 5.74) is 7.01. The van der Waals surface area contributed by atoms with Gasteiger partial charge in [0.15, 0.2) is 0 Å². The van der Waals surface area contributed by atoms with Gasteiger partial charge in [0.05, 0.1) is 6.04 Å². The number of nitrogens with one attached hydrogen (secondary N) is 1. The first kappa shape index (κ1) is 18.3. The Balaban J connectivity index is 1.39. The van der Waals surface area contributed by atoms with Crippen molar-refractivity contribution >= 4 is 11.6 Å². The molecule has 1 atom stereocenters. The van der Waals surface area contributed by atoms with Crippen LogP contribution in [-0.2, 0) is 13.0 Å². The second-order valence-electron chi connectivity index (χ2n) is 7.60. The van der Waals surface area contributed by atoms with E-state index < -0.39 is 0 Å². The third-order valence-electron chi connectivity index (χ3n) is 5.50. The van der Waals surface area contributed by atoms with Crippen LogP contribution in [0.3, 0.4) is 0 Å². The van der Waals surface area contributed by atoms with Gasteiger partial charge in [-0.15, -0.1) is 0 Å². The molecule has 1 unspecified atom stereocenters. The molecular formula is C25H26N2O. The van der Waals surface area contributed by atoms with Crippen molar-refractivity contribution in [1.29, 1.82) is 0 Å². The second kappa shape index (κ2) is 7.89. The number of fused-ring (bicyclic) bond motifs is 1. The molecular weight excluding hydrogens is 344 g/mol. The van der Waals surface area contributed by atoms with Gasteiger partial charge in [0.1, 0.15) is 0 Å². The number of aryl methyl sites for hydroxylation is 1. The highest BCUT2D eigenvalue weighted by molar-refractivity contribution is 5.94. The molecule has 4 rings (SSSR count). The van der Waals surface area contributed by atoms with Crippen LogP contribution in [0.4, 0.5) is 5.69 Å². The number of para-hydroxylation sites is 1. The maximum absolute atomic E-state index is 12.6. The number of nitrogens with zero attached hydrogens (tertiary/aromatic N) is 1. The zero-order valence-electron chi connectivity index (χ0n) is 16.5. The number of hydrogen-bond acceptors (Lipinski definition) is 2. The maximum atomic E-state index is 12.6. The van der Waals surface area contributed by atoms with Gasteiger partial charge in [0.25, 0.3) is 5.91 Å². The van der Waals surface area contributed by atoms with E-state index in [9.17, 15) is 4.79 Å². The number of hydrogen-bond donors (Lipinski definition) is 1. The molecule has 3 nitrogen and oxygen atoms in total. The molecule has 1 N–H and O–H groups in total. The molecule has 1 aliphatic heterocycles. The molecule has 0 aliphatic carbocycles. The largest absolute Gasteiger partial charge is 0.367 e. The lowest BCUT2D eigenvalue weighted by molar-refractivity contribution is 0.0940. The van der Waals surface area contributed by atoms with Crippen LogP contribution in [0.5, 0.6) is 0 Å². The molecule has 28 heavy (non-hydrogen) atoms. The molecule has 3 aromatic rings. The molecule has 1 heterocycles. The predicted octanol–water partition coefficient (Wildman–Crippen LogP) is 5.05. The molecule has 0 bridgehead atoms. The fourth-order valence-corrected chi connectivity index (χ4v) is 3.77. The molecule has 1 amide bonds. The van der Waals surface area contributed by atoms with Crippen LogP contribution >= 0.6 is 0 Å². The van der Waals surface area contributed by atoms with Gasteiger partial charge in [-0.3, -0.25) is 4.79 Å². The Bertz CT molecular complexity index is 961. The molecule has 0 aromatic heterocycles. The lowest BCUT2D eigenvalue weighted by Crippen LogP contribution is -2.26. The Morgan fingerprint density at radius 1 is 1.00 bits per heavy atom. The SMILES string of the molecule is Cc1ccc(C(C)NC(=O)c2ccc(CN3CCc4ccccc43)cc2)cc1. The van der Waals surface area contributed by atoms with Crippen LogP contribution < -0.4 is 10.2 Å². The van der Waals surface area contributed by atoms with Gasteiger partial charge in [0.2, 0.25) is 0 Å². The van der Waals surface area contributed by atoms with Crippen molar-refractivity contribution in [2.45, 2.75) is 32.9 Å². The Labute approximate surface area is 167 Å². The van der Waals surface area contributed by atoms with Crippen molar-refractivity contribution < 1.29 is 4.79 Å². The number of rotatable bonds is 5. The molecule has 0 fully saturated rings. The van der Waals surface area contributed by atoms with E-state index in [0.717, 1.165) is 25.1 Å². The zero-order chi connectivity index (χ0) is 19.5. The van der Waals surface area contributed by atoms with Crippen molar-refractivity contribution in [3.63, 3.8) is 0 Å². The van der Waals surface area contributed by atoms with Crippen LogP contribution in [0, 0.1) is 6.92 Å². The minimum Gasteiger partial charge on any atom is -0.367 e. The minimum absolute atomic E-state index is 0.0196. The third kappa shape index (κ3) is 3.94. The zero-order valence-corrected chi connectivity index (χ0v) is 16.5. The van der Waals surface area contributed by atoms with Gasteiger partial charge in [-0.25, -0.2) is 0 Å². The van der Waals surface area contributed by atoms with E-state index in [-0.39, 0.29) is 11.9 Å². The summed E-state index contributed by atoms with van der Waals surface area (Å²) in [5, 5.41) is 3.09. The van der Waals surface area contributed by atoms with Gasteiger partial charge in [-0.1, -0.05) is 60.2 Å². The van der Waals surface area contributed by atoms with E-state index in [1.165, 1.54) is 22.4 Å². The Hall–Kier alpha value is -3.07. The van der Waals surface area contributed by atoms with Crippen molar-refractivity contribution in [2.24, 2.45) is 0 Å². The molecule has 0 radical (unpaired) electrons. The van der Waals surface area contributed by atoms with Crippen molar-refractivity contribution in [3.8, 4) is 0 Å². The number of benzene rings is 3. The van der Waals surface area contributed by atoms with E-state index in [2.05, 4.69) is 77.8 Å². The molecule has 0 spiro atoms. The fourth-order valence-electron chi connectivity index (χ4n) is 3.77. The van der Waals surface area contributed by atoms with Gasteiger partial charge >= 0.3 is 0 Å². The second-order valence-corrected chi connectivity index (χ2v) is 7.60. The van der Waals surface area contributed by atoms with E-state index in [4.69, 9.17) is 0 Å². The van der Waals surface area contributed by atoms with Crippen LogP contribution in [0.2, 0.25) is 0 Å². The first-order chi connectivity index (χ1) is 13.6. The summed E-state index contributed by atoms with van der Waals surface area (Å²) in [6, 6.07) is 24.8. The predicted molar refractivity (Wildman–Crippen MR) is 115 cm³/mol. The quantitative estimate of drug-likeness (QED) is 0.682. The normalized spacial score (nSPS) is 13.9. The van der Waals surface area contributed by atoms with Crippen molar-refractivity contribution in [3.05, 3.63) is 101 Å². The smallest absolute Gasteiger partial charge is 0.251 e. The van der Waals surface area contributed by atoms with Crippen molar-refractivity contribution in [2.75, 3.05) is 11.4 Å². The highest BCUT2D eigenvalue weighted by atomic mass is 16.1. The first-order valence-corrected chi connectivity index (χ1v) is 9.89. The summed E-state index contributed by atoms with van der Waals surface area (Å²) in [5.74, 6) is -0.0360. The van der Waals surface area contributed by atoms with Gasteiger partial charge in [0, 0.05) is 24.3 Å². The topological polar surface area (TPSA) is 32.3 Å². The lowest BCUT2D eigenvalue weighted by atomic mass is 10.1. The molecule has 0 saturated heterocycles. The van der Waals surface area contributed by atoms with E-state index in [1.54, 1.807) is 0 Å². The van der Waals surface area contributed by atoms with Crippen LogP contribution in [0.25, 0.3) is 0 Å². The van der Waals surface area contributed by atoms with Crippen LogP contribution in [-0.4, -0.2) is 12.5 Å². The average Bonchev–Trinajstić information content (AvgIpc) is 3.12. The molecule has 0 saturated carbocycles. The van der Waals surface area contributed by atoms with Gasteiger partial charge in [-0.2, -0.15) is 0 Å². The third-order valence-corrected chi connectivity index (χ3v) is 5.50. The summed E-state index contributed by atoms with van der Waals surface area (Å²) >= 11 is 0. The van der Waals surface area contributed by atoms with Crippen molar-refractivity contribution in [1.82, 2.24) is 5.32 Å². The van der Waals surface area contributed by atoms with Crippen LogP contribution in [0.1, 0.15) is 45.6 Å². The monoisotopic (exact) mass is 370 g/mol. The Morgan fingerprint density at radius 3 is 2.46 bits per heavy atom. The van der Waals surface area contributed by atoms with Crippen LogP contribution in [0.15, 0.2) is 72.8 Å².